The highest BCUT2D eigenvalue weighted by atomic mass is 32.1. The number of carboxylic acids is 1. The summed E-state index contributed by atoms with van der Waals surface area (Å²) in [5.74, 6) is -1.46. The molecule has 1 unspecified atom stereocenters. The maximum Gasteiger partial charge on any atom is 0.338 e. The van der Waals surface area contributed by atoms with Gasteiger partial charge in [-0.25, -0.2) is 4.79 Å². The zero-order valence-electron chi connectivity index (χ0n) is 11.6. The predicted molar refractivity (Wildman–Crippen MR) is 80.8 cm³/mol. The number of hydrogen-bond acceptors (Lipinski definition) is 4. The van der Waals surface area contributed by atoms with E-state index in [0.29, 0.717) is 10.6 Å². The summed E-state index contributed by atoms with van der Waals surface area (Å²) in [6.07, 6.45) is -0.782. The minimum atomic E-state index is -1.07. The van der Waals surface area contributed by atoms with E-state index in [1.165, 1.54) is 24.5 Å². The standard InChI is InChI=1S/C15H15NO4S/c1-9-8-11(15(18)19)14(21-9)16-13(17)12(20-2)10-6-4-3-5-7-10/h3-8,12H,1-2H3,(H,16,17)(H,18,19). The first-order chi connectivity index (χ1) is 10.0. The van der Waals surface area contributed by atoms with Crippen LogP contribution in [0.4, 0.5) is 5.00 Å². The highest BCUT2D eigenvalue weighted by molar-refractivity contribution is 7.16. The van der Waals surface area contributed by atoms with E-state index in [-0.39, 0.29) is 5.56 Å². The quantitative estimate of drug-likeness (QED) is 0.890. The van der Waals surface area contributed by atoms with Crippen molar-refractivity contribution in [3.05, 3.63) is 52.4 Å². The fourth-order valence-electron chi connectivity index (χ4n) is 1.97. The molecule has 0 fully saturated rings. The minimum absolute atomic E-state index is 0.0914. The molecule has 0 spiro atoms. The minimum Gasteiger partial charge on any atom is -0.478 e. The van der Waals surface area contributed by atoms with Crippen LogP contribution in [0.1, 0.15) is 26.9 Å². The maximum atomic E-state index is 12.3. The highest BCUT2D eigenvalue weighted by Gasteiger charge is 2.23. The Morgan fingerprint density at radius 2 is 1.95 bits per heavy atom. The second-order valence-electron chi connectivity index (χ2n) is 4.42. The van der Waals surface area contributed by atoms with Gasteiger partial charge in [-0.1, -0.05) is 30.3 Å². The molecule has 0 aliphatic heterocycles. The summed E-state index contributed by atoms with van der Waals surface area (Å²) in [6.45, 7) is 1.79. The Balaban J connectivity index is 2.23. The Morgan fingerprint density at radius 3 is 2.52 bits per heavy atom. The number of rotatable bonds is 5. The van der Waals surface area contributed by atoms with Crippen molar-refractivity contribution in [1.29, 1.82) is 0 Å². The highest BCUT2D eigenvalue weighted by Crippen LogP contribution is 2.29. The number of carboxylic acid groups (broad SMARTS) is 1. The fraction of sp³-hybridized carbons (Fsp3) is 0.200. The summed E-state index contributed by atoms with van der Waals surface area (Å²) < 4.78 is 5.22. The van der Waals surface area contributed by atoms with E-state index in [9.17, 15) is 9.59 Å². The molecule has 0 saturated carbocycles. The molecule has 1 aromatic carbocycles. The first-order valence-electron chi connectivity index (χ1n) is 6.25. The maximum absolute atomic E-state index is 12.3. The summed E-state index contributed by atoms with van der Waals surface area (Å²) in [5, 5.41) is 12.1. The number of aryl methyl sites for hydroxylation is 1. The summed E-state index contributed by atoms with van der Waals surface area (Å²) in [5.41, 5.74) is 0.802. The number of methoxy groups -OCH3 is 1. The zero-order valence-corrected chi connectivity index (χ0v) is 12.4. The van der Waals surface area contributed by atoms with E-state index in [4.69, 9.17) is 9.84 Å². The van der Waals surface area contributed by atoms with Crippen molar-refractivity contribution in [2.75, 3.05) is 12.4 Å². The van der Waals surface area contributed by atoms with Gasteiger partial charge in [-0.15, -0.1) is 11.3 Å². The first kappa shape index (κ1) is 15.2. The van der Waals surface area contributed by atoms with Crippen molar-refractivity contribution < 1.29 is 19.4 Å². The molecule has 0 radical (unpaired) electrons. The number of thiophene rings is 1. The Kier molecular flexibility index (Phi) is 4.72. The van der Waals surface area contributed by atoms with Crippen LogP contribution in [-0.2, 0) is 9.53 Å². The SMILES string of the molecule is COC(C(=O)Nc1sc(C)cc1C(=O)O)c1ccccc1. The molecule has 2 N–H and O–H groups in total. The molecule has 21 heavy (non-hydrogen) atoms. The van der Waals surface area contributed by atoms with Gasteiger partial charge in [-0.2, -0.15) is 0 Å². The number of aromatic carboxylic acids is 1. The Morgan fingerprint density at radius 1 is 1.29 bits per heavy atom. The molecule has 0 aliphatic rings. The largest absolute Gasteiger partial charge is 0.478 e. The van der Waals surface area contributed by atoms with Gasteiger partial charge < -0.3 is 15.2 Å². The normalized spacial score (nSPS) is 11.9. The van der Waals surface area contributed by atoms with Gasteiger partial charge in [0, 0.05) is 12.0 Å². The lowest BCUT2D eigenvalue weighted by atomic mass is 10.1. The molecule has 110 valence electrons. The monoisotopic (exact) mass is 305 g/mol. The summed E-state index contributed by atoms with van der Waals surface area (Å²) in [4.78, 5) is 24.3. The molecule has 0 saturated heterocycles. The average molecular weight is 305 g/mol. The van der Waals surface area contributed by atoms with E-state index in [1.807, 2.05) is 18.2 Å². The van der Waals surface area contributed by atoms with Crippen LogP contribution in [0.5, 0.6) is 0 Å². The number of amides is 1. The molecule has 1 heterocycles. The van der Waals surface area contributed by atoms with Crippen LogP contribution in [0.15, 0.2) is 36.4 Å². The fourth-order valence-corrected chi connectivity index (χ4v) is 2.87. The molecular formula is C15H15NO4S. The van der Waals surface area contributed by atoms with Crippen LogP contribution in [-0.4, -0.2) is 24.1 Å². The lowest BCUT2D eigenvalue weighted by Gasteiger charge is -2.15. The zero-order chi connectivity index (χ0) is 15.4. The third-order valence-electron chi connectivity index (χ3n) is 2.90. The first-order valence-corrected chi connectivity index (χ1v) is 7.07. The lowest BCUT2D eigenvalue weighted by molar-refractivity contribution is -0.126. The van der Waals surface area contributed by atoms with Gasteiger partial charge in [-0.3, -0.25) is 4.79 Å². The number of hydrogen-bond donors (Lipinski definition) is 2. The van der Waals surface area contributed by atoms with Crippen molar-refractivity contribution in [3.8, 4) is 0 Å². The van der Waals surface area contributed by atoms with E-state index in [0.717, 1.165) is 4.88 Å². The second-order valence-corrected chi connectivity index (χ2v) is 5.68. The van der Waals surface area contributed by atoms with Gasteiger partial charge in [0.15, 0.2) is 6.10 Å². The van der Waals surface area contributed by atoms with E-state index < -0.39 is 18.0 Å². The third kappa shape index (κ3) is 3.48. The van der Waals surface area contributed by atoms with Crippen LogP contribution < -0.4 is 5.32 Å². The van der Waals surface area contributed by atoms with Gasteiger partial charge in [0.2, 0.25) is 0 Å². The van der Waals surface area contributed by atoms with Crippen LogP contribution >= 0.6 is 11.3 Å². The van der Waals surface area contributed by atoms with Crippen LogP contribution in [0.25, 0.3) is 0 Å². The second kappa shape index (κ2) is 6.51. The van der Waals surface area contributed by atoms with E-state index in [1.54, 1.807) is 19.1 Å². The molecule has 2 aromatic rings. The third-order valence-corrected chi connectivity index (χ3v) is 3.86. The average Bonchev–Trinajstić information content (AvgIpc) is 2.82. The van der Waals surface area contributed by atoms with Crippen molar-refractivity contribution in [2.45, 2.75) is 13.0 Å². The van der Waals surface area contributed by atoms with Gasteiger partial charge in [0.1, 0.15) is 5.00 Å². The van der Waals surface area contributed by atoms with E-state index in [2.05, 4.69) is 5.32 Å². The summed E-state index contributed by atoms with van der Waals surface area (Å²) in [7, 11) is 1.44. The van der Waals surface area contributed by atoms with Crippen molar-refractivity contribution in [1.82, 2.24) is 0 Å². The molecule has 1 aromatic heterocycles. The number of benzene rings is 1. The Bertz CT molecular complexity index is 651. The van der Waals surface area contributed by atoms with Crippen molar-refractivity contribution >= 4 is 28.2 Å². The molecule has 2 rings (SSSR count). The molecule has 1 amide bonds. The molecule has 5 nitrogen and oxygen atoms in total. The Hall–Kier alpha value is -2.18. The van der Waals surface area contributed by atoms with Crippen molar-refractivity contribution in [2.24, 2.45) is 0 Å². The van der Waals surface area contributed by atoms with Crippen LogP contribution in [0.3, 0.4) is 0 Å². The topological polar surface area (TPSA) is 75.6 Å². The molecular weight excluding hydrogens is 290 g/mol. The predicted octanol–water partition coefficient (Wildman–Crippen LogP) is 3.08. The van der Waals surface area contributed by atoms with E-state index >= 15 is 0 Å². The molecule has 6 heteroatoms. The van der Waals surface area contributed by atoms with Crippen LogP contribution in [0, 0.1) is 6.92 Å². The van der Waals surface area contributed by atoms with Crippen molar-refractivity contribution in [3.63, 3.8) is 0 Å². The number of ether oxygens (including phenoxy) is 1. The number of carbonyl (C=O) groups is 2. The van der Waals surface area contributed by atoms with Gasteiger partial charge in [0.25, 0.3) is 5.91 Å². The number of carbonyl (C=O) groups excluding carboxylic acids is 1. The molecule has 0 aliphatic carbocycles. The number of anilines is 1. The van der Waals surface area contributed by atoms with Gasteiger partial charge >= 0.3 is 5.97 Å². The summed E-state index contributed by atoms with van der Waals surface area (Å²) in [6, 6.07) is 10.6. The number of nitrogens with one attached hydrogen (secondary N) is 1. The molecule has 1 atom stereocenters. The summed E-state index contributed by atoms with van der Waals surface area (Å²) >= 11 is 1.23. The molecule has 0 bridgehead atoms. The van der Waals surface area contributed by atoms with Crippen LogP contribution in [0.2, 0.25) is 0 Å². The Labute approximate surface area is 126 Å². The smallest absolute Gasteiger partial charge is 0.338 e. The van der Waals surface area contributed by atoms with Gasteiger partial charge in [-0.05, 0) is 18.6 Å². The van der Waals surface area contributed by atoms with Gasteiger partial charge in [0.05, 0.1) is 5.56 Å². The lowest BCUT2D eigenvalue weighted by Crippen LogP contribution is -2.22.